The molecular formula is C11H11Br3. The van der Waals surface area contributed by atoms with Gasteiger partial charge in [-0.05, 0) is 42.0 Å². The van der Waals surface area contributed by atoms with Crippen molar-refractivity contribution in [3.63, 3.8) is 0 Å². The number of fused-ring (bicyclic) bond motifs is 1. The van der Waals surface area contributed by atoms with E-state index in [0.29, 0.717) is 10.7 Å². The summed E-state index contributed by atoms with van der Waals surface area (Å²) in [4.78, 5) is 0.501. The highest BCUT2D eigenvalue weighted by molar-refractivity contribution is 9.11. The Balaban J connectivity index is 2.65. The Morgan fingerprint density at radius 3 is 2.21 bits per heavy atom. The molecule has 0 saturated heterocycles. The van der Waals surface area contributed by atoms with E-state index < -0.39 is 0 Å². The van der Waals surface area contributed by atoms with E-state index in [2.05, 4.69) is 66.8 Å². The van der Waals surface area contributed by atoms with E-state index in [1.807, 2.05) is 0 Å². The molecule has 76 valence electrons. The van der Waals surface area contributed by atoms with E-state index in [4.69, 9.17) is 0 Å². The second-order valence-electron chi connectivity index (χ2n) is 3.80. The highest BCUT2D eigenvalue weighted by Crippen LogP contribution is 2.47. The molecule has 3 heteroatoms. The molecule has 0 aliphatic heterocycles. The van der Waals surface area contributed by atoms with Gasteiger partial charge in [-0.2, -0.15) is 0 Å². The summed E-state index contributed by atoms with van der Waals surface area (Å²) in [5, 5.41) is 0. The van der Waals surface area contributed by atoms with Crippen LogP contribution in [0.25, 0.3) is 0 Å². The van der Waals surface area contributed by atoms with Gasteiger partial charge in [0, 0.05) is 13.8 Å². The highest BCUT2D eigenvalue weighted by atomic mass is 79.9. The van der Waals surface area contributed by atoms with Crippen LogP contribution in [0.1, 0.15) is 41.6 Å². The van der Waals surface area contributed by atoms with Crippen LogP contribution in [0.4, 0.5) is 0 Å². The van der Waals surface area contributed by atoms with Crippen molar-refractivity contribution in [3.8, 4) is 0 Å². The molecule has 0 radical (unpaired) electrons. The normalized spacial score (nSPS) is 26.0. The van der Waals surface area contributed by atoms with Gasteiger partial charge in [-0.25, -0.2) is 0 Å². The summed E-state index contributed by atoms with van der Waals surface area (Å²) in [6.07, 6.45) is 2.49. The second-order valence-corrected chi connectivity index (χ2v) is 6.62. The molecule has 0 fully saturated rings. The molecule has 0 aromatic heterocycles. The van der Waals surface area contributed by atoms with Crippen LogP contribution < -0.4 is 0 Å². The zero-order valence-electron chi connectivity index (χ0n) is 7.86. The molecule has 0 spiro atoms. The molecule has 1 aliphatic carbocycles. The van der Waals surface area contributed by atoms with Gasteiger partial charge >= 0.3 is 0 Å². The van der Waals surface area contributed by atoms with E-state index >= 15 is 0 Å². The minimum absolute atomic E-state index is 0.501. The lowest BCUT2D eigenvalue weighted by Gasteiger charge is -2.28. The molecule has 1 aromatic carbocycles. The highest BCUT2D eigenvalue weighted by Gasteiger charge is 2.26. The van der Waals surface area contributed by atoms with Crippen molar-refractivity contribution in [3.05, 3.63) is 32.2 Å². The van der Waals surface area contributed by atoms with Gasteiger partial charge in [-0.15, -0.1) is 0 Å². The van der Waals surface area contributed by atoms with Crippen LogP contribution in [0.3, 0.4) is 0 Å². The summed E-state index contributed by atoms with van der Waals surface area (Å²) in [5.74, 6) is 0.658. The lowest BCUT2D eigenvalue weighted by Crippen LogP contribution is -2.10. The van der Waals surface area contributed by atoms with Gasteiger partial charge in [0.25, 0.3) is 0 Å². The number of hydrogen-bond donors (Lipinski definition) is 0. The molecule has 2 unspecified atom stereocenters. The molecule has 0 amide bonds. The first-order valence-corrected chi connectivity index (χ1v) is 7.23. The van der Waals surface area contributed by atoms with Gasteiger partial charge in [-0.3, -0.25) is 0 Å². The van der Waals surface area contributed by atoms with Gasteiger partial charge in [-0.1, -0.05) is 54.7 Å². The van der Waals surface area contributed by atoms with Crippen LogP contribution in [0.15, 0.2) is 21.1 Å². The van der Waals surface area contributed by atoms with Crippen LogP contribution in [-0.4, -0.2) is 0 Å². The van der Waals surface area contributed by atoms with Crippen molar-refractivity contribution < 1.29 is 0 Å². The number of halogens is 3. The molecule has 0 N–H and O–H groups in total. The van der Waals surface area contributed by atoms with E-state index in [-0.39, 0.29) is 0 Å². The van der Waals surface area contributed by atoms with Crippen LogP contribution in [0.5, 0.6) is 0 Å². The number of alkyl halides is 1. The standard InChI is InChI=1S/C11H11Br3/c1-6-2-3-8(13)11-9(14)5-4-7(12)10(6)11/h4-6,8H,2-3H2,1H3. The summed E-state index contributed by atoms with van der Waals surface area (Å²) in [6.45, 7) is 2.30. The van der Waals surface area contributed by atoms with E-state index in [9.17, 15) is 0 Å². The molecule has 0 heterocycles. The maximum Gasteiger partial charge on any atom is 0.0409 e. The molecule has 0 saturated carbocycles. The molecule has 2 rings (SSSR count). The predicted octanol–water partition coefficient (Wildman–Crippen LogP) is 5.54. The van der Waals surface area contributed by atoms with Gasteiger partial charge in [0.05, 0.1) is 0 Å². The second kappa shape index (κ2) is 4.26. The lowest BCUT2D eigenvalue weighted by atomic mass is 9.84. The first-order chi connectivity index (χ1) is 6.61. The zero-order valence-corrected chi connectivity index (χ0v) is 12.6. The Hall–Kier alpha value is 0.660. The summed E-state index contributed by atoms with van der Waals surface area (Å²) in [6, 6.07) is 4.25. The first kappa shape index (κ1) is 11.2. The fraction of sp³-hybridized carbons (Fsp3) is 0.455. The van der Waals surface area contributed by atoms with Crippen molar-refractivity contribution in [2.45, 2.75) is 30.5 Å². The van der Waals surface area contributed by atoms with Crippen molar-refractivity contribution in [2.75, 3.05) is 0 Å². The van der Waals surface area contributed by atoms with E-state index in [0.717, 1.165) is 0 Å². The molecule has 1 aromatic rings. The number of rotatable bonds is 0. The summed E-state index contributed by atoms with van der Waals surface area (Å²) >= 11 is 11.0. The summed E-state index contributed by atoms with van der Waals surface area (Å²) in [5.41, 5.74) is 2.89. The average molecular weight is 383 g/mol. The van der Waals surface area contributed by atoms with Crippen LogP contribution >= 0.6 is 47.8 Å². The fourth-order valence-electron chi connectivity index (χ4n) is 2.09. The van der Waals surface area contributed by atoms with Crippen molar-refractivity contribution in [2.24, 2.45) is 0 Å². The average Bonchev–Trinajstić information content (AvgIpc) is 2.16. The molecule has 1 aliphatic rings. The Labute approximate surface area is 110 Å². The molecule has 14 heavy (non-hydrogen) atoms. The number of benzene rings is 1. The quantitative estimate of drug-likeness (QED) is 0.516. The summed E-state index contributed by atoms with van der Waals surface area (Å²) < 4.78 is 2.47. The largest absolute Gasteiger partial charge is 0.0838 e. The smallest absolute Gasteiger partial charge is 0.0409 e. The predicted molar refractivity (Wildman–Crippen MR) is 71.2 cm³/mol. The molecule has 2 atom stereocenters. The van der Waals surface area contributed by atoms with Crippen LogP contribution in [0, 0.1) is 0 Å². The van der Waals surface area contributed by atoms with Gasteiger partial charge in [0.1, 0.15) is 0 Å². The first-order valence-electron chi connectivity index (χ1n) is 4.73. The zero-order chi connectivity index (χ0) is 10.3. The van der Waals surface area contributed by atoms with E-state index in [1.165, 1.54) is 32.9 Å². The lowest BCUT2D eigenvalue weighted by molar-refractivity contribution is 0.583. The molecular weight excluding hydrogens is 372 g/mol. The maximum atomic E-state index is 3.75. The Bertz CT molecular complexity index is 325. The monoisotopic (exact) mass is 380 g/mol. The van der Waals surface area contributed by atoms with Gasteiger partial charge < -0.3 is 0 Å². The third-order valence-electron chi connectivity index (χ3n) is 2.84. The third kappa shape index (κ3) is 1.83. The van der Waals surface area contributed by atoms with Gasteiger partial charge in [0.2, 0.25) is 0 Å². The number of hydrogen-bond acceptors (Lipinski definition) is 0. The Kier molecular flexibility index (Phi) is 3.40. The van der Waals surface area contributed by atoms with Crippen molar-refractivity contribution in [1.29, 1.82) is 0 Å². The van der Waals surface area contributed by atoms with E-state index in [1.54, 1.807) is 0 Å². The van der Waals surface area contributed by atoms with Gasteiger partial charge in [0.15, 0.2) is 0 Å². The minimum atomic E-state index is 0.501. The minimum Gasteiger partial charge on any atom is -0.0838 e. The third-order valence-corrected chi connectivity index (χ3v) is 5.14. The maximum absolute atomic E-state index is 3.75. The fourth-order valence-corrected chi connectivity index (χ4v) is 4.51. The summed E-state index contributed by atoms with van der Waals surface area (Å²) in [7, 11) is 0. The Morgan fingerprint density at radius 1 is 1.07 bits per heavy atom. The van der Waals surface area contributed by atoms with Crippen LogP contribution in [0.2, 0.25) is 0 Å². The molecule has 0 nitrogen and oxygen atoms in total. The molecule has 0 bridgehead atoms. The van der Waals surface area contributed by atoms with Crippen molar-refractivity contribution in [1.82, 2.24) is 0 Å². The van der Waals surface area contributed by atoms with Crippen LogP contribution in [-0.2, 0) is 0 Å². The Morgan fingerprint density at radius 2 is 1.64 bits per heavy atom. The van der Waals surface area contributed by atoms with Crippen molar-refractivity contribution >= 4 is 47.8 Å². The SMILES string of the molecule is CC1CCC(Br)c2c(Br)ccc(Br)c21. The topological polar surface area (TPSA) is 0 Å².